The summed E-state index contributed by atoms with van der Waals surface area (Å²) < 4.78 is 25.6. The molecule has 0 unspecified atom stereocenters. The van der Waals surface area contributed by atoms with E-state index in [-0.39, 0.29) is 6.61 Å². The minimum Gasteiger partial charge on any atom is -0.311 e. The number of halogens is 2. The summed E-state index contributed by atoms with van der Waals surface area (Å²) in [5.41, 5.74) is 0. The molecule has 0 aromatic heterocycles. The van der Waals surface area contributed by atoms with Crippen LogP contribution in [0.25, 0.3) is 0 Å². The third kappa shape index (κ3) is 5.78. The molecule has 0 heterocycles. The molecule has 0 aliphatic carbocycles. The van der Waals surface area contributed by atoms with Crippen LogP contribution >= 0.6 is 0 Å². The monoisotopic (exact) mass is 112 g/mol. The molecular weight excluding hydrogens is 106 g/mol. The Morgan fingerprint density at radius 1 is 1.71 bits per heavy atom. The van der Waals surface area contributed by atoms with E-state index in [1.165, 1.54) is 6.92 Å². The predicted molar refractivity (Wildman–Crippen MR) is 18.8 cm³/mol. The van der Waals surface area contributed by atoms with E-state index in [0.29, 0.717) is 0 Å². The summed E-state index contributed by atoms with van der Waals surface area (Å²) in [6.45, 7) is 1.17. The molecule has 1 N–H and O–H groups in total. The highest BCUT2D eigenvalue weighted by atomic mass is 19.3. The molecule has 4 heteroatoms. The SMILES string of the molecule is CCOC(O)(F)F. The van der Waals surface area contributed by atoms with Crippen molar-refractivity contribution in [2.75, 3.05) is 6.61 Å². The largest absolute Gasteiger partial charge is 0.482 e. The summed E-state index contributed by atoms with van der Waals surface area (Å²) in [6.07, 6.45) is -3.95. The second kappa shape index (κ2) is 2.18. The van der Waals surface area contributed by atoms with E-state index in [1.54, 1.807) is 0 Å². The minimum atomic E-state index is -3.95. The van der Waals surface area contributed by atoms with E-state index in [0.717, 1.165) is 0 Å². The number of hydrogen-bond acceptors (Lipinski definition) is 2. The Morgan fingerprint density at radius 2 is 2.14 bits per heavy atom. The maximum absolute atomic E-state index is 11.1. The van der Waals surface area contributed by atoms with Gasteiger partial charge in [0.2, 0.25) is 0 Å². The van der Waals surface area contributed by atoms with Gasteiger partial charge in [0.05, 0.1) is 6.61 Å². The van der Waals surface area contributed by atoms with Gasteiger partial charge in [0, 0.05) is 0 Å². The highest BCUT2D eigenvalue weighted by molar-refractivity contribution is 4.20. The zero-order valence-corrected chi connectivity index (χ0v) is 3.82. The zero-order chi connectivity index (χ0) is 5.91. The molecule has 0 aliphatic rings. The third-order valence-corrected chi connectivity index (χ3v) is 0.318. The van der Waals surface area contributed by atoms with Crippen LogP contribution in [0.5, 0.6) is 0 Å². The lowest BCUT2D eigenvalue weighted by molar-refractivity contribution is -0.369. The fourth-order valence-electron chi connectivity index (χ4n) is 0.174. The number of alkyl halides is 2. The molecule has 0 saturated heterocycles. The summed E-state index contributed by atoms with van der Waals surface area (Å²) in [5.74, 6) is 0. The maximum Gasteiger partial charge on any atom is 0.482 e. The van der Waals surface area contributed by atoms with E-state index < -0.39 is 6.29 Å². The van der Waals surface area contributed by atoms with Gasteiger partial charge in [-0.05, 0) is 6.92 Å². The smallest absolute Gasteiger partial charge is 0.311 e. The molecule has 0 bridgehead atoms. The van der Waals surface area contributed by atoms with Gasteiger partial charge in [0.1, 0.15) is 0 Å². The number of rotatable bonds is 2. The van der Waals surface area contributed by atoms with Crippen molar-refractivity contribution in [1.82, 2.24) is 0 Å². The lowest BCUT2D eigenvalue weighted by Gasteiger charge is -2.04. The summed E-state index contributed by atoms with van der Waals surface area (Å²) in [7, 11) is 0. The molecule has 0 atom stereocenters. The van der Waals surface area contributed by atoms with Crippen molar-refractivity contribution in [3.63, 3.8) is 0 Å². The first-order valence-corrected chi connectivity index (χ1v) is 1.80. The van der Waals surface area contributed by atoms with Crippen molar-refractivity contribution in [3.05, 3.63) is 0 Å². The van der Waals surface area contributed by atoms with E-state index >= 15 is 0 Å². The van der Waals surface area contributed by atoms with Crippen LogP contribution in [-0.4, -0.2) is 18.0 Å². The van der Waals surface area contributed by atoms with Gasteiger partial charge in [-0.15, -0.1) is 8.78 Å². The van der Waals surface area contributed by atoms with Crippen LogP contribution in [0.1, 0.15) is 6.92 Å². The molecule has 0 aliphatic heterocycles. The van der Waals surface area contributed by atoms with Gasteiger partial charge in [0.25, 0.3) is 0 Å². The molecule has 0 rings (SSSR count). The number of ether oxygens (including phenoxy) is 1. The van der Waals surface area contributed by atoms with Crippen molar-refractivity contribution < 1.29 is 18.6 Å². The summed E-state index contributed by atoms with van der Waals surface area (Å²) in [6, 6.07) is 0. The van der Waals surface area contributed by atoms with E-state index in [2.05, 4.69) is 4.74 Å². The zero-order valence-electron chi connectivity index (χ0n) is 3.82. The second-order valence-electron chi connectivity index (χ2n) is 0.919. The predicted octanol–water partition coefficient (Wildman–Crippen LogP) is 0.566. The molecule has 44 valence electrons. The van der Waals surface area contributed by atoms with Crippen LogP contribution < -0.4 is 0 Å². The first-order valence-electron chi connectivity index (χ1n) is 1.80. The summed E-state index contributed by atoms with van der Waals surface area (Å²) >= 11 is 0. The molecule has 0 amide bonds. The minimum absolute atomic E-state index is 0.191. The first-order chi connectivity index (χ1) is 3.06. The Labute approximate surface area is 39.7 Å². The second-order valence-corrected chi connectivity index (χ2v) is 0.919. The highest BCUT2D eigenvalue weighted by Gasteiger charge is 2.23. The maximum atomic E-state index is 11.1. The number of aliphatic hydroxyl groups is 1. The summed E-state index contributed by atoms with van der Waals surface area (Å²) in [5, 5.41) is 7.46. The fourth-order valence-corrected chi connectivity index (χ4v) is 0.174. The topological polar surface area (TPSA) is 29.5 Å². The van der Waals surface area contributed by atoms with Crippen LogP contribution in [-0.2, 0) is 4.74 Å². The molecule has 7 heavy (non-hydrogen) atoms. The van der Waals surface area contributed by atoms with Gasteiger partial charge in [0.15, 0.2) is 0 Å². The van der Waals surface area contributed by atoms with Gasteiger partial charge in [-0.1, -0.05) is 0 Å². The average molecular weight is 112 g/mol. The average Bonchev–Trinajstić information content (AvgIpc) is 1.30. The van der Waals surface area contributed by atoms with Gasteiger partial charge >= 0.3 is 6.29 Å². The normalized spacial score (nSPS) is 12.0. The van der Waals surface area contributed by atoms with E-state index in [4.69, 9.17) is 5.11 Å². The fraction of sp³-hybridized carbons (Fsp3) is 1.00. The van der Waals surface area contributed by atoms with Crippen LogP contribution in [0.2, 0.25) is 0 Å². The Kier molecular flexibility index (Phi) is 2.11. The molecule has 2 nitrogen and oxygen atoms in total. The number of hydrogen-bond donors (Lipinski definition) is 1. The van der Waals surface area contributed by atoms with Crippen molar-refractivity contribution in [2.24, 2.45) is 0 Å². The molecule has 0 fully saturated rings. The third-order valence-electron chi connectivity index (χ3n) is 0.318. The standard InChI is InChI=1S/C3H6F2O2/c1-2-7-3(4,5)6/h6H,2H2,1H3. The van der Waals surface area contributed by atoms with Crippen LogP contribution in [0.15, 0.2) is 0 Å². The lowest BCUT2D eigenvalue weighted by Crippen LogP contribution is -2.18. The first kappa shape index (κ1) is 6.78. The van der Waals surface area contributed by atoms with Gasteiger partial charge in [-0.2, -0.15) is 0 Å². The Morgan fingerprint density at radius 3 is 2.14 bits per heavy atom. The van der Waals surface area contributed by atoms with Crippen molar-refractivity contribution in [1.29, 1.82) is 0 Å². The molecular formula is C3H6F2O2. The Balaban J connectivity index is 3.15. The van der Waals surface area contributed by atoms with Crippen LogP contribution in [0.4, 0.5) is 8.78 Å². The summed E-state index contributed by atoms with van der Waals surface area (Å²) in [4.78, 5) is 0. The van der Waals surface area contributed by atoms with E-state index in [9.17, 15) is 8.78 Å². The van der Waals surface area contributed by atoms with Crippen molar-refractivity contribution in [3.8, 4) is 0 Å². The molecule has 0 spiro atoms. The molecule has 0 aromatic carbocycles. The van der Waals surface area contributed by atoms with Crippen LogP contribution in [0.3, 0.4) is 0 Å². The van der Waals surface area contributed by atoms with Crippen molar-refractivity contribution in [2.45, 2.75) is 13.2 Å². The Bertz CT molecular complexity index is 49.4. The van der Waals surface area contributed by atoms with Crippen molar-refractivity contribution >= 4 is 0 Å². The highest BCUT2D eigenvalue weighted by Crippen LogP contribution is 2.07. The van der Waals surface area contributed by atoms with Gasteiger partial charge < -0.3 is 5.11 Å². The molecule has 0 radical (unpaired) electrons. The van der Waals surface area contributed by atoms with Gasteiger partial charge in [-0.3, -0.25) is 4.74 Å². The van der Waals surface area contributed by atoms with Crippen LogP contribution in [0, 0.1) is 0 Å². The lowest BCUT2D eigenvalue weighted by atomic mass is 10.9. The van der Waals surface area contributed by atoms with E-state index in [1.807, 2.05) is 0 Å². The quantitative estimate of drug-likeness (QED) is 0.529. The molecule has 0 saturated carbocycles. The van der Waals surface area contributed by atoms with Gasteiger partial charge in [-0.25, -0.2) is 0 Å². The molecule has 0 aromatic rings. The Hall–Kier alpha value is -0.220.